The number of carbonyl (C=O) groups is 1. The number of aromatic nitrogens is 2. The van der Waals surface area contributed by atoms with Gasteiger partial charge in [0.2, 0.25) is 18.2 Å². The van der Waals surface area contributed by atoms with E-state index < -0.39 is 5.38 Å². The van der Waals surface area contributed by atoms with Gasteiger partial charge in [-0.2, -0.15) is 0 Å². The molecule has 0 aliphatic carbocycles. The van der Waals surface area contributed by atoms with Gasteiger partial charge in [0.15, 0.2) is 0 Å². The number of hydrogen-bond acceptors (Lipinski definition) is 4. The summed E-state index contributed by atoms with van der Waals surface area (Å²) in [4.78, 5) is 14.3. The number of anilines is 1. The van der Waals surface area contributed by atoms with E-state index in [4.69, 9.17) is 16.0 Å². The van der Waals surface area contributed by atoms with Gasteiger partial charge in [0.05, 0.1) is 0 Å². The molecular formula is C15H18ClN3O2. The minimum Gasteiger partial charge on any atom is -0.426 e. The Balaban J connectivity index is 2.30. The molecule has 2 aromatic rings. The number of alkyl halides is 1. The van der Waals surface area contributed by atoms with Gasteiger partial charge in [0, 0.05) is 5.69 Å². The van der Waals surface area contributed by atoms with Crippen molar-refractivity contribution in [3.63, 3.8) is 0 Å². The van der Waals surface area contributed by atoms with Gasteiger partial charge in [-0.1, -0.05) is 39.0 Å². The molecule has 5 nitrogen and oxygen atoms in total. The molecule has 0 aliphatic heterocycles. The van der Waals surface area contributed by atoms with Crippen molar-refractivity contribution in [3.05, 3.63) is 42.6 Å². The van der Waals surface area contributed by atoms with Gasteiger partial charge in [-0.15, -0.1) is 21.8 Å². The van der Waals surface area contributed by atoms with E-state index in [2.05, 4.69) is 10.2 Å². The van der Waals surface area contributed by atoms with Gasteiger partial charge in [-0.25, -0.2) is 0 Å². The summed E-state index contributed by atoms with van der Waals surface area (Å²) in [7, 11) is 0. The maximum atomic E-state index is 12.7. The summed E-state index contributed by atoms with van der Waals surface area (Å²) in [5, 5.41) is 6.81. The predicted molar refractivity (Wildman–Crippen MR) is 81.0 cm³/mol. The van der Waals surface area contributed by atoms with Crippen LogP contribution in [0.1, 0.15) is 26.7 Å². The third-order valence-corrected chi connectivity index (χ3v) is 3.85. The fourth-order valence-corrected chi connectivity index (χ4v) is 1.93. The Morgan fingerprint density at radius 3 is 2.52 bits per heavy atom. The highest BCUT2D eigenvalue weighted by Gasteiger charge is 2.33. The second kappa shape index (κ2) is 6.26. The first-order valence-corrected chi connectivity index (χ1v) is 7.09. The van der Waals surface area contributed by atoms with Crippen molar-refractivity contribution in [3.8, 4) is 0 Å². The van der Waals surface area contributed by atoms with Crippen LogP contribution < -0.4 is 4.90 Å². The largest absolute Gasteiger partial charge is 0.426 e. The van der Waals surface area contributed by atoms with E-state index >= 15 is 0 Å². The molecule has 1 aromatic heterocycles. The quantitative estimate of drug-likeness (QED) is 0.814. The van der Waals surface area contributed by atoms with Crippen LogP contribution in [0.2, 0.25) is 0 Å². The second-order valence-electron chi connectivity index (χ2n) is 5.82. The van der Waals surface area contributed by atoms with E-state index in [1.54, 1.807) is 4.90 Å². The van der Waals surface area contributed by atoms with E-state index in [0.717, 1.165) is 5.69 Å². The molecule has 6 heteroatoms. The summed E-state index contributed by atoms with van der Waals surface area (Å²) in [5.41, 5.74) is 0.399. The first-order valence-electron chi connectivity index (χ1n) is 6.65. The van der Waals surface area contributed by atoms with E-state index in [9.17, 15) is 4.79 Å². The topological polar surface area (TPSA) is 59.2 Å². The fourth-order valence-electron chi connectivity index (χ4n) is 1.81. The Labute approximate surface area is 128 Å². The molecule has 1 amide bonds. The van der Waals surface area contributed by atoms with Crippen LogP contribution in [0.3, 0.4) is 0 Å². The number of para-hydroxylation sites is 1. The number of nitrogens with zero attached hydrogens (tertiary/aromatic N) is 3. The molecule has 0 saturated heterocycles. The second-order valence-corrected chi connectivity index (χ2v) is 6.26. The van der Waals surface area contributed by atoms with Crippen LogP contribution >= 0.6 is 11.6 Å². The summed E-state index contributed by atoms with van der Waals surface area (Å²) in [5.74, 6) is 0.179. The molecule has 1 atom stereocenters. The summed E-state index contributed by atoms with van der Waals surface area (Å²) in [6.45, 7) is 5.98. The van der Waals surface area contributed by atoms with Crippen molar-refractivity contribution in [1.29, 1.82) is 0 Å². The van der Waals surface area contributed by atoms with Gasteiger partial charge in [-0.05, 0) is 17.5 Å². The van der Waals surface area contributed by atoms with Crippen LogP contribution in [-0.4, -0.2) is 21.5 Å². The highest BCUT2D eigenvalue weighted by atomic mass is 35.5. The number of hydrogen-bond donors (Lipinski definition) is 0. The Bertz CT molecular complexity index is 579. The number of amides is 1. The molecule has 0 saturated carbocycles. The number of benzene rings is 1. The molecule has 0 spiro atoms. The summed E-state index contributed by atoms with van der Waals surface area (Å²) in [6, 6.07) is 9.31. The smallest absolute Gasteiger partial charge is 0.246 e. The number of halogens is 1. The zero-order valence-electron chi connectivity index (χ0n) is 12.3. The normalized spacial score (nSPS) is 13.0. The van der Waals surface area contributed by atoms with Crippen molar-refractivity contribution >= 4 is 23.2 Å². The first-order chi connectivity index (χ1) is 9.89. The maximum Gasteiger partial charge on any atom is 0.246 e. The molecule has 1 aromatic carbocycles. The Hall–Kier alpha value is -1.88. The van der Waals surface area contributed by atoms with Crippen molar-refractivity contribution in [2.24, 2.45) is 5.41 Å². The van der Waals surface area contributed by atoms with Crippen LogP contribution in [0, 0.1) is 5.41 Å². The number of carbonyl (C=O) groups excluding carboxylic acids is 1. The third-order valence-electron chi connectivity index (χ3n) is 3.01. The van der Waals surface area contributed by atoms with Crippen molar-refractivity contribution in [2.45, 2.75) is 32.7 Å². The molecule has 0 radical (unpaired) electrons. The molecule has 0 bridgehead atoms. The lowest BCUT2D eigenvalue weighted by molar-refractivity contribution is -0.120. The third kappa shape index (κ3) is 3.82. The molecule has 0 N–H and O–H groups in total. The highest BCUT2D eigenvalue weighted by Crippen LogP contribution is 2.28. The van der Waals surface area contributed by atoms with E-state index in [0.29, 0.717) is 5.89 Å². The molecule has 0 fully saturated rings. The van der Waals surface area contributed by atoms with Gasteiger partial charge < -0.3 is 9.32 Å². The van der Waals surface area contributed by atoms with Crippen LogP contribution in [0.25, 0.3) is 0 Å². The average Bonchev–Trinajstić information content (AvgIpc) is 2.96. The monoisotopic (exact) mass is 307 g/mol. The van der Waals surface area contributed by atoms with E-state index in [1.165, 1.54) is 6.39 Å². The number of rotatable bonds is 4. The minimum atomic E-state index is -0.652. The summed E-state index contributed by atoms with van der Waals surface area (Å²) >= 11 is 6.33. The van der Waals surface area contributed by atoms with Gasteiger partial charge in [0.1, 0.15) is 11.9 Å². The molecule has 1 heterocycles. The molecule has 112 valence electrons. The highest BCUT2D eigenvalue weighted by molar-refractivity contribution is 6.33. The molecule has 21 heavy (non-hydrogen) atoms. The Morgan fingerprint density at radius 2 is 2.00 bits per heavy atom. The van der Waals surface area contributed by atoms with Crippen molar-refractivity contribution < 1.29 is 9.21 Å². The maximum absolute atomic E-state index is 12.7. The summed E-state index contributed by atoms with van der Waals surface area (Å²) < 4.78 is 5.14. The zero-order chi connectivity index (χ0) is 15.5. The fraction of sp³-hybridized carbons (Fsp3) is 0.400. The zero-order valence-corrected chi connectivity index (χ0v) is 13.0. The van der Waals surface area contributed by atoms with Gasteiger partial charge >= 0.3 is 0 Å². The van der Waals surface area contributed by atoms with Crippen LogP contribution in [0.4, 0.5) is 5.69 Å². The van der Waals surface area contributed by atoms with Gasteiger partial charge in [0.25, 0.3) is 0 Å². The Morgan fingerprint density at radius 1 is 1.33 bits per heavy atom. The molecule has 1 unspecified atom stereocenters. The molecular weight excluding hydrogens is 290 g/mol. The van der Waals surface area contributed by atoms with Crippen molar-refractivity contribution in [1.82, 2.24) is 10.2 Å². The Kier molecular flexibility index (Phi) is 4.63. The average molecular weight is 308 g/mol. The standard InChI is InChI=1S/C15H18ClN3O2/c1-15(2,3)13(16)14(20)19(9-12-18-17-10-21-12)11-7-5-4-6-8-11/h4-8,10,13H,9H2,1-3H3. The predicted octanol–water partition coefficient (Wildman–Crippen LogP) is 3.26. The van der Waals surface area contributed by atoms with Crippen LogP contribution in [-0.2, 0) is 11.3 Å². The lowest BCUT2D eigenvalue weighted by atomic mass is 9.91. The van der Waals surface area contributed by atoms with Gasteiger partial charge in [-0.3, -0.25) is 4.79 Å². The molecule has 0 aliphatic rings. The van der Waals surface area contributed by atoms with E-state index in [1.807, 2.05) is 51.1 Å². The van der Waals surface area contributed by atoms with Crippen LogP contribution in [0.5, 0.6) is 0 Å². The summed E-state index contributed by atoms with van der Waals surface area (Å²) in [6.07, 6.45) is 1.24. The lowest BCUT2D eigenvalue weighted by Gasteiger charge is -2.30. The van der Waals surface area contributed by atoms with Crippen LogP contribution in [0.15, 0.2) is 41.1 Å². The lowest BCUT2D eigenvalue weighted by Crippen LogP contribution is -2.42. The molecule has 2 rings (SSSR count). The van der Waals surface area contributed by atoms with E-state index in [-0.39, 0.29) is 17.9 Å². The minimum absolute atomic E-state index is 0.187. The van der Waals surface area contributed by atoms with Crippen molar-refractivity contribution in [2.75, 3.05) is 4.90 Å². The SMILES string of the molecule is CC(C)(C)C(Cl)C(=O)N(Cc1nnco1)c1ccccc1. The first kappa shape index (κ1) is 15.5.